The van der Waals surface area contributed by atoms with Gasteiger partial charge in [-0.1, -0.05) is 101 Å². The molecule has 1 aliphatic rings. The third kappa shape index (κ3) is 6.63. The van der Waals surface area contributed by atoms with Gasteiger partial charge in [0.2, 0.25) is 0 Å². The summed E-state index contributed by atoms with van der Waals surface area (Å²) in [5.41, 5.74) is 9.37. The van der Waals surface area contributed by atoms with E-state index in [0.29, 0.717) is 17.7 Å². The van der Waals surface area contributed by atoms with Crippen LogP contribution in [0, 0.1) is 11.8 Å². The molecule has 0 fully saturated rings. The lowest BCUT2D eigenvalue weighted by atomic mass is 9.96. The number of aromatic nitrogens is 4. The molecule has 0 saturated carbocycles. The standard InChI is InChI=1S/C36H37N5/c1-6-7-13-27-17-19-29(39-35(27)30-20-18-28(24(2)3)22-32(38-30)25(4)5)34-23-33(26-14-9-8-10-15-26)40-36(41-34)31-16-11-12-21-37-31/h7-17,19-25H,6,18H2,1-5H3/b13-7-. The summed E-state index contributed by atoms with van der Waals surface area (Å²) in [5, 5.41) is 0. The molecule has 1 aromatic carbocycles. The van der Waals surface area contributed by atoms with Crippen molar-refractivity contribution in [2.45, 2.75) is 47.5 Å². The topological polar surface area (TPSA) is 63.9 Å². The Labute approximate surface area is 243 Å². The van der Waals surface area contributed by atoms with Gasteiger partial charge >= 0.3 is 0 Å². The van der Waals surface area contributed by atoms with Gasteiger partial charge in [0.1, 0.15) is 5.69 Å². The first-order chi connectivity index (χ1) is 19.9. The van der Waals surface area contributed by atoms with Gasteiger partial charge in [-0.25, -0.2) is 15.0 Å². The second-order valence-electron chi connectivity index (χ2n) is 10.8. The smallest absolute Gasteiger partial charge is 0.179 e. The van der Waals surface area contributed by atoms with E-state index in [1.807, 2.05) is 48.5 Å². The fourth-order valence-corrected chi connectivity index (χ4v) is 4.67. The Morgan fingerprint density at radius 2 is 1.56 bits per heavy atom. The van der Waals surface area contributed by atoms with E-state index in [1.54, 1.807) is 6.20 Å². The fraction of sp³-hybridized carbons (Fsp3) is 0.250. The fourth-order valence-electron chi connectivity index (χ4n) is 4.67. The first-order valence-corrected chi connectivity index (χ1v) is 14.5. The highest BCUT2D eigenvalue weighted by molar-refractivity contribution is 6.01. The van der Waals surface area contributed by atoms with Crippen LogP contribution >= 0.6 is 0 Å². The summed E-state index contributed by atoms with van der Waals surface area (Å²) in [5.74, 6) is 1.33. The molecule has 5 nitrogen and oxygen atoms in total. The van der Waals surface area contributed by atoms with Crippen LogP contribution in [0.25, 0.3) is 45.9 Å². The van der Waals surface area contributed by atoms with Crippen LogP contribution < -0.4 is 0 Å². The summed E-state index contributed by atoms with van der Waals surface area (Å²) in [6.07, 6.45) is 12.4. The van der Waals surface area contributed by atoms with Crippen molar-refractivity contribution in [3.8, 4) is 34.2 Å². The summed E-state index contributed by atoms with van der Waals surface area (Å²) in [7, 11) is 0. The molecule has 0 amide bonds. The molecule has 4 aromatic rings. The SMILES string of the molecule is CC/C=C\c1ccc(-c2cc(-c3ccccc3)nc(-c3ccccn3)n2)nc1C1=CCC(C(C)C)=CC(C(C)C)=N1. The number of nitrogens with zero attached hydrogens (tertiary/aromatic N) is 5. The van der Waals surface area contributed by atoms with Crippen LogP contribution in [-0.4, -0.2) is 25.6 Å². The molecule has 0 spiro atoms. The van der Waals surface area contributed by atoms with Crippen molar-refractivity contribution in [3.05, 3.63) is 108 Å². The van der Waals surface area contributed by atoms with Crippen molar-refractivity contribution in [1.82, 2.24) is 19.9 Å². The van der Waals surface area contributed by atoms with Crippen molar-refractivity contribution in [1.29, 1.82) is 0 Å². The van der Waals surface area contributed by atoms with E-state index in [0.717, 1.165) is 63.8 Å². The minimum atomic E-state index is 0.305. The van der Waals surface area contributed by atoms with Gasteiger partial charge in [-0.05, 0) is 55.0 Å². The summed E-state index contributed by atoms with van der Waals surface area (Å²) in [6.45, 7) is 11.0. The maximum absolute atomic E-state index is 5.23. The summed E-state index contributed by atoms with van der Waals surface area (Å²) < 4.78 is 0. The minimum Gasteiger partial charge on any atom is -0.253 e. The zero-order valence-corrected chi connectivity index (χ0v) is 24.5. The number of benzene rings is 1. The van der Waals surface area contributed by atoms with Crippen molar-refractivity contribution < 1.29 is 0 Å². The van der Waals surface area contributed by atoms with Gasteiger partial charge < -0.3 is 0 Å². The van der Waals surface area contributed by atoms with Crippen LogP contribution in [0.4, 0.5) is 0 Å². The first-order valence-electron chi connectivity index (χ1n) is 14.5. The van der Waals surface area contributed by atoms with E-state index >= 15 is 0 Å². The number of hydrogen-bond acceptors (Lipinski definition) is 5. The van der Waals surface area contributed by atoms with E-state index in [1.165, 1.54) is 5.57 Å². The van der Waals surface area contributed by atoms with Gasteiger partial charge in [0, 0.05) is 23.0 Å². The van der Waals surface area contributed by atoms with E-state index in [-0.39, 0.29) is 0 Å². The molecule has 41 heavy (non-hydrogen) atoms. The Hall–Kier alpha value is -4.51. The van der Waals surface area contributed by atoms with E-state index in [2.05, 4.69) is 82.1 Å². The molecule has 0 saturated heterocycles. The van der Waals surface area contributed by atoms with Gasteiger partial charge in [0.25, 0.3) is 0 Å². The largest absolute Gasteiger partial charge is 0.253 e. The summed E-state index contributed by atoms with van der Waals surface area (Å²) in [4.78, 5) is 24.8. The van der Waals surface area contributed by atoms with Crippen LogP contribution in [0.3, 0.4) is 0 Å². The Bertz CT molecular complexity index is 1570. The van der Waals surface area contributed by atoms with Crippen LogP contribution in [0.5, 0.6) is 0 Å². The molecule has 0 N–H and O–H groups in total. The summed E-state index contributed by atoms with van der Waals surface area (Å²) in [6, 6.07) is 22.1. The quantitative estimate of drug-likeness (QED) is 0.224. The molecule has 3 aromatic heterocycles. The highest BCUT2D eigenvalue weighted by atomic mass is 14.9. The van der Waals surface area contributed by atoms with Crippen molar-refractivity contribution >= 4 is 17.5 Å². The lowest BCUT2D eigenvalue weighted by Gasteiger charge is -2.12. The molecule has 5 heteroatoms. The Kier molecular flexibility index (Phi) is 8.73. The molecular formula is C36H37N5. The number of allylic oxidation sites excluding steroid dienone is 4. The van der Waals surface area contributed by atoms with Crippen molar-refractivity contribution in [2.24, 2.45) is 16.8 Å². The molecule has 0 unspecified atom stereocenters. The third-order valence-corrected chi connectivity index (χ3v) is 7.10. The van der Waals surface area contributed by atoms with Crippen LogP contribution in [0.1, 0.15) is 58.7 Å². The van der Waals surface area contributed by atoms with Crippen LogP contribution in [0.15, 0.2) is 102 Å². The molecule has 0 atom stereocenters. The van der Waals surface area contributed by atoms with Gasteiger partial charge in [0.05, 0.1) is 28.5 Å². The average molecular weight is 540 g/mol. The number of aliphatic imine (C=N–C) groups is 1. The highest BCUT2D eigenvalue weighted by Crippen LogP contribution is 2.31. The number of rotatable bonds is 8. The third-order valence-electron chi connectivity index (χ3n) is 7.10. The highest BCUT2D eigenvalue weighted by Gasteiger charge is 2.18. The first kappa shape index (κ1) is 28.0. The van der Waals surface area contributed by atoms with E-state index in [4.69, 9.17) is 19.9 Å². The van der Waals surface area contributed by atoms with Gasteiger partial charge in [0.15, 0.2) is 5.82 Å². The van der Waals surface area contributed by atoms with Gasteiger partial charge in [-0.3, -0.25) is 9.98 Å². The Balaban J connectivity index is 1.68. The van der Waals surface area contributed by atoms with E-state index in [9.17, 15) is 0 Å². The molecule has 0 radical (unpaired) electrons. The summed E-state index contributed by atoms with van der Waals surface area (Å²) >= 11 is 0. The lowest BCUT2D eigenvalue weighted by molar-refractivity contribution is 0.747. The maximum atomic E-state index is 5.23. The maximum Gasteiger partial charge on any atom is 0.179 e. The Morgan fingerprint density at radius 1 is 0.780 bits per heavy atom. The monoisotopic (exact) mass is 539 g/mol. The molecular weight excluding hydrogens is 502 g/mol. The van der Waals surface area contributed by atoms with Crippen LogP contribution in [0.2, 0.25) is 0 Å². The predicted molar refractivity (Wildman–Crippen MR) is 171 cm³/mol. The molecule has 4 heterocycles. The predicted octanol–water partition coefficient (Wildman–Crippen LogP) is 9.11. The van der Waals surface area contributed by atoms with Crippen molar-refractivity contribution in [3.63, 3.8) is 0 Å². The van der Waals surface area contributed by atoms with Crippen LogP contribution in [-0.2, 0) is 0 Å². The molecule has 0 aliphatic carbocycles. The van der Waals surface area contributed by atoms with Gasteiger partial charge in [-0.2, -0.15) is 0 Å². The van der Waals surface area contributed by atoms with E-state index < -0.39 is 0 Å². The second kappa shape index (κ2) is 12.8. The molecule has 0 bridgehead atoms. The number of pyridine rings is 2. The van der Waals surface area contributed by atoms with Crippen molar-refractivity contribution in [2.75, 3.05) is 0 Å². The van der Waals surface area contributed by atoms with Gasteiger partial charge in [-0.15, -0.1) is 0 Å². The second-order valence-corrected chi connectivity index (χ2v) is 10.8. The molecule has 206 valence electrons. The zero-order chi connectivity index (χ0) is 28.8. The molecule has 5 rings (SSSR count). The Morgan fingerprint density at radius 3 is 2.27 bits per heavy atom. The lowest BCUT2D eigenvalue weighted by Crippen LogP contribution is -2.06. The molecule has 1 aliphatic heterocycles. The zero-order valence-electron chi connectivity index (χ0n) is 24.5. The average Bonchev–Trinajstić information content (AvgIpc) is 3.25. The number of hydrogen-bond donors (Lipinski definition) is 0. The normalized spacial score (nSPS) is 13.8. The minimum absolute atomic E-state index is 0.305.